The van der Waals surface area contributed by atoms with Gasteiger partial charge in [-0.2, -0.15) is 0 Å². The van der Waals surface area contributed by atoms with Crippen molar-refractivity contribution in [1.82, 2.24) is 14.5 Å². The third kappa shape index (κ3) is 2.68. The van der Waals surface area contributed by atoms with E-state index in [1.807, 2.05) is 12.1 Å². The van der Waals surface area contributed by atoms with Crippen molar-refractivity contribution in [2.75, 3.05) is 32.8 Å². The largest absolute Gasteiger partial charge is 0.379 e. The van der Waals surface area contributed by atoms with Gasteiger partial charge in [0.1, 0.15) is 0 Å². The molecule has 1 N–H and O–H groups in total. The van der Waals surface area contributed by atoms with E-state index in [1.165, 1.54) is 0 Å². The molecule has 0 amide bonds. The number of rotatable bonds is 3. The monoisotopic (exact) mass is 281 g/mol. The number of aromatic amines is 1. The summed E-state index contributed by atoms with van der Waals surface area (Å²) >= 11 is 5.93. The summed E-state index contributed by atoms with van der Waals surface area (Å²) in [5.74, 6) is 0. The lowest BCUT2D eigenvalue weighted by atomic mass is 10.3. The molecule has 1 aliphatic heterocycles. The molecule has 2 heterocycles. The van der Waals surface area contributed by atoms with Crippen LogP contribution in [0.4, 0.5) is 0 Å². The summed E-state index contributed by atoms with van der Waals surface area (Å²) in [4.78, 5) is 17.1. The van der Waals surface area contributed by atoms with Crippen molar-refractivity contribution in [1.29, 1.82) is 0 Å². The van der Waals surface area contributed by atoms with Crippen LogP contribution in [0, 0.1) is 0 Å². The number of benzene rings is 1. The van der Waals surface area contributed by atoms with Gasteiger partial charge in [0.25, 0.3) is 0 Å². The first-order valence-electron chi connectivity index (χ1n) is 6.42. The van der Waals surface area contributed by atoms with Gasteiger partial charge in [0, 0.05) is 31.2 Å². The minimum atomic E-state index is -0.0782. The molecule has 2 aromatic rings. The number of fused-ring (bicyclic) bond motifs is 1. The van der Waals surface area contributed by atoms with Gasteiger partial charge in [-0.15, -0.1) is 0 Å². The maximum atomic E-state index is 11.9. The molecule has 0 radical (unpaired) electrons. The van der Waals surface area contributed by atoms with Crippen molar-refractivity contribution < 1.29 is 4.74 Å². The van der Waals surface area contributed by atoms with Gasteiger partial charge in [-0.3, -0.25) is 9.47 Å². The van der Waals surface area contributed by atoms with Crippen molar-refractivity contribution >= 4 is 22.6 Å². The molecule has 0 saturated carbocycles. The number of morpholine rings is 1. The highest BCUT2D eigenvalue weighted by atomic mass is 35.5. The normalized spacial score (nSPS) is 17.1. The summed E-state index contributed by atoms with van der Waals surface area (Å²) in [7, 11) is 0. The molecule has 3 rings (SSSR count). The molecular formula is C13H16ClN3O2. The number of halogens is 1. The standard InChI is InChI=1S/C13H16ClN3O2/c14-10-1-2-12-11(9-10)15-13(18)17(12)4-3-16-5-7-19-8-6-16/h1-2,9H,3-8H2,(H,15,18). The van der Waals surface area contributed by atoms with Crippen molar-refractivity contribution in [2.24, 2.45) is 0 Å². The number of nitrogens with one attached hydrogen (secondary N) is 1. The zero-order valence-corrected chi connectivity index (χ0v) is 11.3. The molecule has 19 heavy (non-hydrogen) atoms. The minimum Gasteiger partial charge on any atom is -0.379 e. The van der Waals surface area contributed by atoms with Gasteiger partial charge >= 0.3 is 5.69 Å². The zero-order chi connectivity index (χ0) is 13.2. The molecule has 1 aromatic heterocycles. The molecule has 0 unspecified atom stereocenters. The number of hydrogen-bond donors (Lipinski definition) is 1. The number of aromatic nitrogens is 2. The lowest BCUT2D eigenvalue weighted by Gasteiger charge is -2.26. The second kappa shape index (κ2) is 5.36. The van der Waals surface area contributed by atoms with Crippen LogP contribution in [0.1, 0.15) is 0 Å². The van der Waals surface area contributed by atoms with Crippen molar-refractivity contribution in [3.05, 3.63) is 33.7 Å². The molecular weight excluding hydrogens is 266 g/mol. The van der Waals surface area contributed by atoms with E-state index in [-0.39, 0.29) is 5.69 Å². The summed E-state index contributed by atoms with van der Waals surface area (Å²) in [5.41, 5.74) is 1.62. The van der Waals surface area contributed by atoms with E-state index >= 15 is 0 Å². The molecule has 0 spiro atoms. The van der Waals surface area contributed by atoms with Crippen LogP contribution in [-0.4, -0.2) is 47.3 Å². The van der Waals surface area contributed by atoms with Crippen LogP contribution in [0.5, 0.6) is 0 Å². The Morgan fingerprint density at radius 2 is 2.05 bits per heavy atom. The summed E-state index contributed by atoms with van der Waals surface area (Å²) in [6, 6.07) is 5.47. The Morgan fingerprint density at radius 1 is 1.26 bits per heavy atom. The third-order valence-corrected chi connectivity index (χ3v) is 3.71. The number of H-pyrrole nitrogens is 1. The Kier molecular flexibility index (Phi) is 3.59. The minimum absolute atomic E-state index is 0.0782. The fraction of sp³-hybridized carbons (Fsp3) is 0.462. The van der Waals surface area contributed by atoms with E-state index in [0.717, 1.165) is 43.9 Å². The number of ether oxygens (including phenoxy) is 1. The molecule has 1 aromatic carbocycles. The Labute approximate surface area is 115 Å². The Bertz CT molecular complexity index is 628. The van der Waals surface area contributed by atoms with Crippen LogP contribution in [0.15, 0.2) is 23.0 Å². The van der Waals surface area contributed by atoms with Crippen LogP contribution < -0.4 is 5.69 Å². The van der Waals surface area contributed by atoms with E-state index in [4.69, 9.17) is 16.3 Å². The van der Waals surface area contributed by atoms with Gasteiger partial charge in [0.2, 0.25) is 0 Å². The second-order valence-electron chi connectivity index (χ2n) is 4.70. The van der Waals surface area contributed by atoms with Crippen LogP contribution in [0.25, 0.3) is 11.0 Å². The molecule has 0 bridgehead atoms. The number of hydrogen-bond acceptors (Lipinski definition) is 3. The molecule has 1 saturated heterocycles. The average molecular weight is 282 g/mol. The van der Waals surface area contributed by atoms with Gasteiger partial charge in [-0.05, 0) is 18.2 Å². The second-order valence-corrected chi connectivity index (χ2v) is 5.13. The van der Waals surface area contributed by atoms with Crippen LogP contribution in [0.3, 0.4) is 0 Å². The lowest BCUT2D eigenvalue weighted by Crippen LogP contribution is -2.39. The SMILES string of the molecule is O=c1[nH]c2cc(Cl)ccc2n1CCN1CCOCC1. The highest BCUT2D eigenvalue weighted by Crippen LogP contribution is 2.16. The van der Waals surface area contributed by atoms with E-state index < -0.39 is 0 Å². The fourth-order valence-corrected chi connectivity index (χ4v) is 2.60. The molecule has 1 aliphatic rings. The molecule has 0 atom stereocenters. The topological polar surface area (TPSA) is 50.3 Å². The Balaban J connectivity index is 1.80. The van der Waals surface area contributed by atoms with Crippen LogP contribution in [-0.2, 0) is 11.3 Å². The smallest absolute Gasteiger partial charge is 0.326 e. The quantitative estimate of drug-likeness (QED) is 0.923. The highest BCUT2D eigenvalue weighted by molar-refractivity contribution is 6.31. The van der Waals surface area contributed by atoms with Crippen LogP contribution in [0.2, 0.25) is 5.02 Å². The van der Waals surface area contributed by atoms with Gasteiger partial charge in [-0.25, -0.2) is 4.79 Å². The average Bonchev–Trinajstić information content (AvgIpc) is 2.72. The van der Waals surface area contributed by atoms with E-state index in [9.17, 15) is 4.79 Å². The number of imidazole rings is 1. The fourth-order valence-electron chi connectivity index (χ4n) is 2.42. The molecule has 6 heteroatoms. The summed E-state index contributed by atoms with van der Waals surface area (Å²) < 4.78 is 7.08. The zero-order valence-electron chi connectivity index (χ0n) is 10.6. The Morgan fingerprint density at radius 3 is 2.84 bits per heavy atom. The third-order valence-electron chi connectivity index (χ3n) is 3.48. The first-order chi connectivity index (χ1) is 9.24. The Hall–Kier alpha value is -1.30. The molecule has 5 nitrogen and oxygen atoms in total. The maximum Gasteiger partial charge on any atom is 0.326 e. The number of nitrogens with zero attached hydrogens (tertiary/aromatic N) is 2. The van der Waals surface area contributed by atoms with Crippen molar-refractivity contribution in [3.8, 4) is 0 Å². The van der Waals surface area contributed by atoms with Gasteiger partial charge in [0.05, 0.1) is 24.2 Å². The maximum absolute atomic E-state index is 11.9. The van der Waals surface area contributed by atoms with Gasteiger partial charge in [0.15, 0.2) is 0 Å². The summed E-state index contributed by atoms with van der Waals surface area (Å²) in [6.07, 6.45) is 0. The van der Waals surface area contributed by atoms with E-state index in [0.29, 0.717) is 11.6 Å². The summed E-state index contributed by atoms with van der Waals surface area (Å²) in [5, 5.41) is 0.633. The van der Waals surface area contributed by atoms with Crippen molar-refractivity contribution in [2.45, 2.75) is 6.54 Å². The van der Waals surface area contributed by atoms with E-state index in [1.54, 1.807) is 10.6 Å². The van der Waals surface area contributed by atoms with Gasteiger partial charge in [-0.1, -0.05) is 11.6 Å². The van der Waals surface area contributed by atoms with Crippen molar-refractivity contribution in [3.63, 3.8) is 0 Å². The van der Waals surface area contributed by atoms with E-state index in [2.05, 4.69) is 9.88 Å². The first kappa shape index (κ1) is 12.7. The predicted molar refractivity (Wildman–Crippen MR) is 74.8 cm³/mol. The van der Waals surface area contributed by atoms with Gasteiger partial charge < -0.3 is 9.72 Å². The first-order valence-corrected chi connectivity index (χ1v) is 6.80. The molecule has 1 fully saturated rings. The molecule has 102 valence electrons. The molecule has 0 aliphatic carbocycles. The van der Waals surface area contributed by atoms with Crippen LogP contribution >= 0.6 is 11.6 Å². The highest BCUT2D eigenvalue weighted by Gasteiger charge is 2.12. The predicted octanol–water partition coefficient (Wildman–Crippen LogP) is 1.32. The lowest BCUT2D eigenvalue weighted by molar-refractivity contribution is 0.0364. The summed E-state index contributed by atoms with van der Waals surface area (Å²) in [6.45, 7) is 4.96.